The molecular weight excluding hydrogens is 322 g/mol. The maximum Gasteiger partial charge on any atom is 0.337 e. The molecule has 2 rings (SSSR count). The van der Waals surface area contributed by atoms with E-state index in [1.54, 1.807) is 38.5 Å². The van der Waals surface area contributed by atoms with Crippen molar-refractivity contribution in [3.63, 3.8) is 0 Å². The Hall–Kier alpha value is -2.86. The van der Waals surface area contributed by atoms with Crippen LogP contribution in [-0.4, -0.2) is 39.8 Å². The van der Waals surface area contributed by atoms with Crippen molar-refractivity contribution in [2.24, 2.45) is 0 Å². The van der Waals surface area contributed by atoms with Crippen LogP contribution >= 0.6 is 0 Å². The number of rotatable bonds is 7. The maximum absolute atomic E-state index is 12.3. The number of nitrogens with one attached hydrogen (secondary N) is 1. The van der Waals surface area contributed by atoms with Gasteiger partial charge in [-0.3, -0.25) is 4.79 Å². The molecule has 0 spiro atoms. The van der Waals surface area contributed by atoms with E-state index < -0.39 is 5.97 Å². The highest BCUT2D eigenvalue weighted by Gasteiger charge is 2.14. The molecule has 1 N–H and O–H groups in total. The van der Waals surface area contributed by atoms with Gasteiger partial charge in [-0.05, 0) is 42.0 Å². The molecule has 0 bridgehead atoms. The Morgan fingerprint density at radius 1 is 1.00 bits per heavy atom. The third-order valence-electron chi connectivity index (χ3n) is 3.77. The number of hydrogen-bond donors (Lipinski definition) is 1. The van der Waals surface area contributed by atoms with E-state index in [9.17, 15) is 9.59 Å². The van der Waals surface area contributed by atoms with Crippen LogP contribution in [0.5, 0.6) is 5.75 Å². The quantitative estimate of drug-likeness (QED) is 0.782. The molecule has 0 unspecified atom stereocenters. The van der Waals surface area contributed by atoms with Crippen LogP contribution < -0.4 is 10.1 Å². The third-order valence-corrected chi connectivity index (χ3v) is 3.77. The first-order valence-electron chi connectivity index (χ1n) is 7.72. The second-order valence-corrected chi connectivity index (χ2v) is 5.28. The van der Waals surface area contributed by atoms with Gasteiger partial charge in [0, 0.05) is 19.2 Å². The van der Waals surface area contributed by atoms with Gasteiger partial charge in [0.2, 0.25) is 0 Å². The Balaban J connectivity index is 2.00. The lowest BCUT2D eigenvalue weighted by atomic mass is 10.1. The Morgan fingerprint density at radius 3 is 2.28 bits per heavy atom. The highest BCUT2D eigenvalue weighted by atomic mass is 16.5. The zero-order chi connectivity index (χ0) is 18.2. The monoisotopic (exact) mass is 343 g/mol. The SMILES string of the molecule is COC(=O)c1ccc(C(=O)NC[C@@H](OC)c2cccc(OC)c2)cc1. The number of carbonyl (C=O) groups is 2. The lowest BCUT2D eigenvalue weighted by molar-refractivity contribution is 0.0600. The normalized spacial score (nSPS) is 11.5. The number of carbonyl (C=O) groups excluding carboxylic acids is 2. The van der Waals surface area contributed by atoms with Gasteiger partial charge in [-0.15, -0.1) is 0 Å². The topological polar surface area (TPSA) is 73.9 Å². The molecule has 0 fully saturated rings. The van der Waals surface area contributed by atoms with E-state index in [0.717, 1.165) is 11.3 Å². The molecule has 132 valence electrons. The zero-order valence-electron chi connectivity index (χ0n) is 14.4. The summed E-state index contributed by atoms with van der Waals surface area (Å²) in [7, 11) is 4.49. The number of benzene rings is 2. The van der Waals surface area contributed by atoms with E-state index >= 15 is 0 Å². The molecule has 0 aromatic heterocycles. The Labute approximate surface area is 146 Å². The zero-order valence-corrected chi connectivity index (χ0v) is 14.4. The second-order valence-electron chi connectivity index (χ2n) is 5.28. The fourth-order valence-electron chi connectivity index (χ4n) is 2.34. The van der Waals surface area contributed by atoms with Gasteiger partial charge in [-0.1, -0.05) is 12.1 Å². The molecule has 1 amide bonds. The fourth-order valence-corrected chi connectivity index (χ4v) is 2.34. The van der Waals surface area contributed by atoms with Crippen LogP contribution in [0, 0.1) is 0 Å². The third kappa shape index (κ3) is 4.81. The number of hydrogen-bond acceptors (Lipinski definition) is 5. The summed E-state index contributed by atoms with van der Waals surface area (Å²) in [6, 6.07) is 13.8. The molecule has 6 heteroatoms. The molecular formula is C19H21NO5. The summed E-state index contributed by atoms with van der Waals surface area (Å²) in [6.07, 6.45) is -0.298. The maximum atomic E-state index is 12.3. The molecule has 2 aromatic rings. The van der Waals surface area contributed by atoms with Crippen LogP contribution in [0.1, 0.15) is 32.4 Å². The summed E-state index contributed by atoms with van der Waals surface area (Å²) in [6.45, 7) is 0.307. The molecule has 0 saturated heterocycles. The van der Waals surface area contributed by atoms with Gasteiger partial charge in [0.25, 0.3) is 5.91 Å². The molecule has 6 nitrogen and oxygen atoms in total. The van der Waals surface area contributed by atoms with Crippen molar-refractivity contribution in [1.29, 1.82) is 0 Å². The molecule has 0 saturated carbocycles. The first-order chi connectivity index (χ1) is 12.1. The van der Waals surface area contributed by atoms with Gasteiger partial charge in [-0.25, -0.2) is 4.79 Å². The Kier molecular flexibility index (Phi) is 6.54. The van der Waals surface area contributed by atoms with Crippen LogP contribution in [0.25, 0.3) is 0 Å². The van der Waals surface area contributed by atoms with E-state index in [2.05, 4.69) is 10.1 Å². The minimum atomic E-state index is -0.440. The predicted octanol–water partition coefficient (Wildman–Crippen LogP) is 2.60. The van der Waals surface area contributed by atoms with Crippen molar-refractivity contribution in [3.8, 4) is 5.75 Å². The number of amides is 1. The molecule has 0 heterocycles. The molecule has 2 aromatic carbocycles. The molecule has 25 heavy (non-hydrogen) atoms. The standard InChI is InChI=1S/C19H21NO5/c1-23-16-6-4-5-15(11-16)17(24-2)12-20-18(21)13-7-9-14(10-8-13)19(22)25-3/h4-11,17H,12H2,1-3H3,(H,20,21)/t17-/m1/s1. The molecule has 0 aliphatic carbocycles. The van der Waals surface area contributed by atoms with Crippen LogP contribution in [0.2, 0.25) is 0 Å². The minimum absolute atomic E-state index is 0.249. The van der Waals surface area contributed by atoms with Crippen LogP contribution in [0.4, 0.5) is 0 Å². The fraction of sp³-hybridized carbons (Fsp3) is 0.263. The number of methoxy groups -OCH3 is 3. The van der Waals surface area contributed by atoms with Crippen molar-refractivity contribution in [2.75, 3.05) is 27.9 Å². The molecule has 1 atom stereocenters. The molecule has 0 radical (unpaired) electrons. The van der Waals surface area contributed by atoms with Crippen molar-refractivity contribution < 1.29 is 23.8 Å². The predicted molar refractivity (Wildman–Crippen MR) is 92.9 cm³/mol. The van der Waals surface area contributed by atoms with Gasteiger partial charge in [-0.2, -0.15) is 0 Å². The van der Waals surface area contributed by atoms with Gasteiger partial charge < -0.3 is 19.5 Å². The van der Waals surface area contributed by atoms with E-state index in [0.29, 0.717) is 17.7 Å². The van der Waals surface area contributed by atoms with Crippen molar-refractivity contribution in [2.45, 2.75) is 6.10 Å². The Morgan fingerprint density at radius 2 is 1.68 bits per heavy atom. The summed E-state index contributed by atoms with van der Waals surface area (Å²) in [4.78, 5) is 23.7. The van der Waals surface area contributed by atoms with Gasteiger partial charge >= 0.3 is 5.97 Å². The molecule has 0 aliphatic rings. The lowest BCUT2D eigenvalue weighted by Gasteiger charge is -2.17. The summed E-state index contributed by atoms with van der Waals surface area (Å²) in [5.74, 6) is 0.0371. The van der Waals surface area contributed by atoms with Crippen LogP contribution in [0.15, 0.2) is 48.5 Å². The second kappa shape index (κ2) is 8.84. The largest absolute Gasteiger partial charge is 0.497 e. The van der Waals surface area contributed by atoms with Gasteiger partial charge in [0.1, 0.15) is 5.75 Å². The van der Waals surface area contributed by atoms with E-state index in [-0.39, 0.29) is 12.0 Å². The average molecular weight is 343 g/mol. The van der Waals surface area contributed by atoms with Crippen molar-refractivity contribution in [3.05, 3.63) is 65.2 Å². The van der Waals surface area contributed by atoms with E-state index in [1.807, 2.05) is 24.3 Å². The first kappa shape index (κ1) is 18.5. The van der Waals surface area contributed by atoms with Gasteiger partial charge in [0.05, 0.1) is 25.9 Å². The summed E-state index contributed by atoms with van der Waals surface area (Å²) < 4.78 is 15.3. The van der Waals surface area contributed by atoms with Crippen LogP contribution in [-0.2, 0) is 9.47 Å². The number of esters is 1. The highest BCUT2D eigenvalue weighted by Crippen LogP contribution is 2.21. The van der Waals surface area contributed by atoms with E-state index in [1.165, 1.54) is 7.11 Å². The summed E-state index contributed by atoms with van der Waals surface area (Å²) in [5, 5.41) is 2.83. The number of ether oxygens (including phenoxy) is 3. The summed E-state index contributed by atoms with van der Waals surface area (Å²) in [5.41, 5.74) is 1.75. The van der Waals surface area contributed by atoms with Crippen molar-refractivity contribution in [1.82, 2.24) is 5.32 Å². The van der Waals surface area contributed by atoms with Crippen molar-refractivity contribution >= 4 is 11.9 Å². The van der Waals surface area contributed by atoms with Gasteiger partial charge in [0.15, 0.2) is 0 Å². The molecule has 0 aliphatic heterocycles. The highest BCUT2D eigenvalue weighted by molar-refractivity contribution is 5.96. The van der Waals surface area contributed by atoms with Crippen LogP contribution in [0.3, 0.4) is 0 Å². The summed E-state index contributed by atoms with van der Waals surface area (Å²) >= 11 is 0. The smallest absolute Gasteiger partial charge is 0.337 e. The Bertz CT molecular complexity index is 727. The first-order valence-corrected chi connectivity index (χ1v) is 7.72. The minimum Gasteiger partial charge on any atom is -0.497 e. The average Bonchev–Trinajstić information content (AvgIpc) is 2.68. The van der Waals surface area contributed by atoms with E-state index in [4.69, 9.17) is 9.47 Å². The lowest BCUT2D eigenvalue weighted by Crippen LogP contribution is -2.29.